The predicted octanol–water partition coefficient (Wildman–Crippen LogP) is 3.31. The van der Waals surface area contributed by atoms with Gasteiger partial charge in [-0.3, -0.25) is 4.79 Å². The highest BCUT2D eigenvalue weighted by Crippen LogP contribution is 2.36. The zero-order valence-electron chi connectivity index (χ0n) is 12.5. The summed E-state index contributed by atoms with van der Waals surface area (Å²) < 4.78 is 0. The summed E-state index contributed by atoms with van der Waals surface area (Å²) in [6, 6.07) is 0. The Hall–Kier alpha value is -0.640. The Morgan fingerprint density at radius 3 is 2.25 bits per heavy atom. The lowest BCUT2D eigenvalue weighted by atomic mass is 9.79. The zero-order chi connectivity index (χ0) is 14.4. The van der Waals surface area contributed by atoms with E-state index in [0.717, 1.165) is 44.6 Å². The van der Waals surface area contributed by atoms with Crippen LogP contribution in [0.2, 0.25) is 0 Å². The molecule has 2 fully saturated rings. The lowest BCUT2D eigenvalue weighted by Gasteiger charge is -2.30. The maximum atomic E-state index is 12.6. The van der Waals surface area contributed by atoms with Gasteiger partial charge in [0.15, 0.2) is 0 Å². The van der Waals surface area contributed by atoms with Crippen LogP contribution in [0.3, 0.4) is 0 Å². The van der Waals surface area contributed by atoms with Crippen molar-refractivity contribution in [2.45, 2.75) is 70.6 Å². The first kappa shape index (κ1) is 15.7. The molecular formula is C16H28N2OS. The summed E-state index contributed by atoms with van der Waals surface area (Å²) in [5, 5.41) is 3.12. The maximum Gasteiger partial charge on any atom is 0.233 e. The van der Waals surface area contributed by atoms with Gasteiger partial charge in [0.05, 0.1) is 10.4 Å². The molecule has 0 unspecified atom stereocenters. The first-order chi connectivity index (χ1) is 9.65. The molecule has 2 aliphatic rings. The molecule has 0 spiro atoms. The van der Waals surface area contributed by atoms with Crippen LogP contribution in [0.15, 0.2) is 0 Å². The second-order valence-corrected chi connectivity index (χ2v) is 7.00. The number of hydrogen-bond donors (Lipinski definition) is 2. The fourth-order valence-corrected chi connectivity index (χ4v) is 4.07. The Bertz CT molecular complexity index is 342. The Balaban J connectivity index is 1.87. The van der Waals surface area contributed by atoms with E-state index < -0.39 is 5.41 Å². The van der Waals surface area contributed by atoms with Crippen molar-refractivity contribution in [2.75, 3.05) is 6.54 Å². The number of carbonyl (C=O) groups excluding carboxylic acids is 1. The molecular weight excluding hydrogens is 268 g/mol. The number of thiocarbonyl (C=S) groups is 1. The molecule has 114 valence electrons. The quantitative estimate of drug-likeness (QED) is 0.604. The van der Waals surface area contributed by atoms with Gasteiger partial charge in [-0.05, 0) is 25.2 Å². The molecule has 0 aliphatic heterocycles. The van der Waals surface area contributed by atoms with Gasteiger partial charge in [-0.25, -0.2) is 0 Å². The zero-order valence-corrected chi connectivity index (χ0v) is 13.3. The summed E-state index contributed by atoms with van der Waals surface area (Å²) in [6.07, 6.45) is 12.7. The second-order valence-electron chi connectivity index (χ2n) is 6.56. The molecule has 0 saturated heterocycles. The number of nitrogens with one attached hydrogen (secondary N) is 1. The second kappa shape index (κ2) is 7.39. The Labute approximate surface area is 128 Å². The van der Waals surface area contributed by atoms with Crippen LogP contribution in [-0.4, -0.2) is 17.4 Å². The van der Waals surface area contributed by atoms with Crippen molar-refractivity contribution in [2.24, 2.45) is 17.1 Å². The van der Waals surface area contributed by atoms with Crippen LogP contribution >= 0.6 is 12.2 Å². The van der Waals surface area contributed by atoms with Crippen LogP contribution in [0.1, 0.15) is 70.6 Å². The molecule has 1 amide bonds. The summed E-state index contributed by atoms with van der Waals surface area (Å²) in [7, 11) is 0. The summed E-state index contributed by atoms with van der Waals surface area (Å²) >= 11 is 5.24. The molecule has 0 aromatic rings. The predicted molar refractivity (Wildman–Crippen MR) is 86.5 cm³/mol. The van der Waals surface area contributed by atoms with Crippen LogP contribution in [0, 0.1) is 11.3 Å². The monoisotopic (exact) mass is 296 g/mol. The van der Waals surface area contributed by atoms with Gasteiger partial charge in [0, 0.05) is 6.54 Å². The molecule has 2 rings (SSSR count). The number of carbonyl (C=O) groups is 1. The van der Waals surface area contributed by atoms with Crippen molar-refractivity contribution < 1.29 is 4.79 Å². The minimum atomic E-state index is -0.568. The first-order valence-electron chi connectivity index (χ1n) is 8.23. The smallest absolute Gasteiger partial charge is 0.233 e. The van der Waals surface area contributed by atoms with Gasteiger partial charge in [0.1, 0.15) is 0 Å². The standard InChI is InChI=1S/C16H28N2OS/c17-14(20)16(10-5-1-2-6-11-16)15(19)18-12-9-13-7-3-4-8-13/h13H,1-12H2,(H2,17,20)(H,18,19). The van der Waals surface area contributed by atoms with Crippen LogP contribution in [0.4, 0.5) is 0 Å². The Morgan fingerprint density at radius 2 is 1.70 bits per heavy atom. The SMILES string of the molecule is NC(=S)C1(C(=O)NCCC2CCCC2)CCCCCC1. The van der Waals surface area contributed by atoms with E-state index in [-0.39, 0.29) is 5.91 Å². The molecule has 2 saturated carbocycles. The van der Waals surface area contributed by atoms with E-state index in [1.165, 1.54) is 38.5 Å². The van der Waals surface area contributed by atoms with E-state index >= 15 is 0 Å². The third-order valence-electron chi connectivity index (χ3n) is 5.18. The van der Waals surface area contributed by atoms with Gasteiger partial charge in [-0.1, -0.05) is 63.6 Å². The highest BCUT2D eigenvalue weighted by molar-refractivity contribution is 7.80. The highest BCUT2D eigenvalue weighted by Gasteiger charge is 2.41. The van der Waals surface area contributed by atoms with Gasteiger partial charge in [-0.15, -0.1) is 0 Å². The molecule has 0 aromatic carbocycles. The first-order valence-corrected chi connectivity index (χ1v) is 8.64. The van der Waals surface area contributed by atoms with Gasteiger partial charge >= 0.3 is 0 Å². The number of amides is 1. The molecule has 0 radical (unpaired) electrons. The number of rotatable bonds is 5. The average Bonchev–Trinajstić information content (AvgIpc) is 2.80. The molecule has 0 atom stereocenters. The van der Waals surface area contributed by atoms with Gasteiger partial charge in [0.25, 0.3) is 0 Å². The highest BCUT2D eigenvalue weighted by atomic mass is 32.1. The van der Waals surface area contributed by atoms with Crippen molar-refractivity contribution in [1.82, 2.24) is 5.32 Å². The number of hydrogen-bond acceptors (Lipinski definition) is 2. The Morgan fingerprint density at radius 1 is 1.10 bits per heavy atom. The Kier molecular flexibility index (Phi) is 5.82. The lowest BCUT2D eigenvalue weighted by molar-refractivity contribution is -0.128. The van der Waals surface area contributed by atoms with Crippen LogP contribution in [0.25, 0.3) is 0 Å². The molecule has 3 nitrogen and oxygen atoms in total. The third-order valence-corrected chi connectivity index (χ3v) is 5.57. The summed E-state index contributed by atoms with van der Waals surface area (Å²) in [5.41, 5.74) is 5.37. The summed E-state index contributed by atoms with van der Waals surface area (Å²) in [4.78, 5) is 13.0. The van der Waals surface area contributed by atoms with E-state index in [2.05, 4.69) is 5.32 Å². The van der Waals surface area contributed by atoms with Crippen LogP contribution < -0.4 is 11.1 Å². The molecule has 0 bridgehead atoms. The van der Waals surface area contributed by atoms with Crippen molar-refractivity contribution in [3.63, 3.8) is 0 Å². The van der Waals surface area contributed by atoms with Gasteiger partial charge < -0.3 is 11.1 Å². The molecule has 4 heteroatoms. The van der Waals surface area contributed by atoms with E-state index in [9.17, 15) is 4.79 Å². The van der Waals surface area contributed by atoms with E-state index in [4.69, 9.17) is 18.0 Å². The lowest BCUT2D eigenvalue weighted by Crippen LogP contribution is -2.49. The molecule has 2 aliphatic carbocycles. The van der Waals surface area contributed by atoms with Crippen molar-refractivity contribution in [3.05, 3.63) is 0 Å². The minimum Gasteiger partial charge on any atom is -0.392 e. The largest absolute Gasteiger partial charge is 0.392 e. The van der Waals surface area contributed by atoms with Crippen LogP contribution in [-0.2, 0) is 4.79 Å². The topological polar surface area (TPSA) is 55.1 Å². The van der Waals surface area contributed by atoms with Crippen molar-refractivity contribution >= 4 is 23.1 Å². The average molecular weight is 296 g/mol. The fourth-order valence-electron chi connectivity index (χ4n) is 3.78. The maximum absolute atomic E-state index is 12.6. The van der Waals surface area contributed by atoms with E-state index in [1.807, 2.05) is 0 Å². The normalized spacial score (nSPS) is 23.2. The van der Waals surface area contributed by atoms with Crippen molar-refractivity contribution in [3.8, 4) is 0 Å². The number of nitrogens with two attached hydrogens (primary N) is 1. The van der Waals surface area contributed by atoms with Gasteiger partial charge in [0.2, 0.25) is 5.91 Å². The van der Waals surface area contributed by atoms with E-state index in [0.29, 0.717) is 4.99 Å². The van der Waals surface area contributed by atoms with Gasteiger partial charge in [-0.2, -0.15) is 0 Å². The molecule has 3 N–H and O–H groups in total. The van der Waals surface area contributed by atoms with Crippen molar-refractivity contribution in [1.29, 1.82) is 0 Å². The molecule has 0 aromatic heterocycles. The van der Waals surface area contributed by atoms with E-state index in [1.54, 1.807) is 0 Å². The third kappa shape index (κ3) is 3.72. The molecule has 0 heterocycles. The summed E-state index contributed by atoms with van der Waals surface area (Å²) in [5.74, 6) is 0.898. The minimum absolute atomic E-state index is 0.0879. The molecule has 20 heavy (non-hydrogen) atoms. The summed E-state index contributed by atoms with van der Waals surface area (Å²) in [6.45, 7) is 0.786. The fraction of sp³-hybridized carbons (Fsp3) is 0.875. The van der Waals surface area contributed by atoms with Crippen LogP contribution in [0.5, 0.6) is 0 Å².